The van der Waals surface area contributed by atoms with Gasteiger partial charge in [-0.1, -0.05) is 11.6 Å². The minimum atomic E-state index is -4.29. The first kappa shape index (κ1) is 23.8. The van der Waals surface area contributed by atoms with Crippen LogP contribution in [0.2, 0.25) is 0 Å². The van der Waals surface area contributed by atoms with Crippen molar-refractivity contribution in [3.63, 3.8) is 0 Å². The summed E-state index contributed by atoms with van der Waals surface area (Å²) in [6.07, 6.45) is 0.253. The van der Waals surface area contributed by atoms with E-state index in [9.17, 15) is 13.2 Å². The fourth-order valence-electron chi connectivity index (χ4n) is 3.61. The first-order valence-electron chi connectivity index (χ1n) is 10.6. The van der Waals surface area contributed by atoms with Crippen LogP contribution in [0.5, 0.6) is 5.75 Å². The number of nitrogens with zero attached hydrogens (tertiary/aromatic N) is 4. The number of hydrogen-bond acceptors (Lipinski definition) is 8. The Kier molecular flexibility index (Phi) is 7.60. The Hall–Kier alpha value is -2.82. The summed E-state index contributed by atoms with van der Waals surface area (Å²) < 4.78 is 48.2. The van der Waals surface area contributed by atoms with Gasteiger partial charge in [0.05, 0.1) is 41.7 Å². The molecule has 2 aromatic rings. The van der Waals surface area contributed by atoms with E-state index in [-0.39, 0.29) is 30.7 Å². The minimum Gasteiger partial charge on any atom is -0.489 e. The maximum atomic E-state index is 12.4. The highest BCUT2D eigenvalue weighted by Gasteiger charge is 2.28. The second-order valence-corrected chi connectivity index (χ2v) is 8.03. The van der Waals surface area contributed by atoms with Crippen LogP contribution in [0.15, 0.2) is 22.4 Å². The molecule has 0 aromatic carbocycles. The molecule has 4 N–H and O–H groups in total. The van der Waals surface area contributed by atoms with Crippen molar-refractivity contribution in [1.29, 1.82) is 0 Å². The number of aryl methyl sites for hydroxylation is 2. The maximum Gasteiger partial charge on any atom is 0.389 e. The van der Waals surface area contributed by atoms with Gasteiger partial charge >= 0.3 is 6.18 Å². The second-order valence-electron chi connectivity index (χ2n) is 8.03. The van der Waals surface area contributed by atoms with Gasteiger partial charge in [-0.15, -0.1) is 0 Å². The number of alkyl halides is 3. The van der Waals surface area contributed by atoms with Crippen molar-refractivity contribution in [3.8, 4) is 5.75 Å². The molecule has 0 unspecified atom stereocenters. The summed E-state index contributed by atoms with van der Waals surface area (Å²) in [5.41, 5.74) is 8.32. The number of halogens is 3. The van der Waals surface area contributed by atoms with Crippen LogP contribution in [0.25, 0.3) is 5.70 Å². The van der Waals surface area contributed by atoms with Gasteiger partial charge < -0.3 is 20.0 Å². The Bertz CT molecular complexity index is 936. The van der Waals surface area contributed by atoms with E-state index in [0.29, 0.717) is 22.8 Å². The Morgan fingerprint density at radius 1 is 1.22 bits per heavy atom. The molecule has 176 valence electrons. The van der Waals surface area contributed by atoms with Crippen LogP contribution in [0, 0.1) is 6.92 Å². The zero-order valence-electron chi connectivity index (χ0n) is 18.3. The van der Waals surface area contributed by atoms with E-state index in [1.54, 1.807) is 13.1 Å². The smallest absolute Gasteiger partial charge is 0.389 e. The number of hydrogen-bond donors (Lipinski definition) is 2. The van der Waals surface area contributed by atoms with Crippen LogP contribution in [-0.2, 0) is 12.8 Å². The van der Waals surface area contributed by atoms with E-state index in [2.05, 4.69) is 15.1 Å². The molecule has 1 aliphatic carbocycles. The van der Waals surface area contributed by atoms with Gasteiger partial charge in [-0.05, 0) is 44.7 Å². The summed E-state index contributed by atoms with van der Waals surface area (Å²) >= 11 is 0. The highest BCUT2D eigenvalue weighted by atomic mass is 19.4. The summed E-state index contributed by atoms with van der Waals surface area (Å²) in [5, 5.41) is 5.06. The Morgan fingerprint density at radius 2 is 1.94 bits per heavy atom. The van der Waals surface area contributed by atoms with E-state index in [0.717, 1.165) is 18.6 Å². The van der Waals surface area contributed by atoms with Crippen molar-refractivity contribution in [1.82, 2.24) is 20.1 Å². The monoisotopic (exact) mass is 454 g/mol. The average molecular weight is 454 g/mol. The molecule has 1 saturated carbocycles. The van der Waals surface area contributed by atoms with Crippen LogP contribution < -0.4 is 16.3 Å². The molecule has 1 fully saturated rings. The molecule has 0 bridgehead atoms. The number of aromatic nitrogens is 3. The molecular formula is C21H29F3N6O2. The standard InChI is InChI=1S/C21H29F3N6O2/c1-13-17(31-14-6-4-3-5-7-14)9-8-15(27-13)20(25)16(30(2)26)12-18-28-19(32-29-18)10-11-21(22,23)24/h8-9,14H,3-7,10-12,25-26H2,1-2H3/b20-16-. The van der Waals surface area contributed by atoms with Crippen LogP contribution in [-0.4, -0.2) is 39.5 Å². The fraction of sp³-hybridized carbons (Fsp3) is 0.571. The van der Waals surface area contributed by atoms with Crippen LogP contribution >= 0.6 is 0 Å². The lowest BCUT2D eigenvalue weighted by atomic mass is 9.98. The number of ether oxygens (including phenoxy) is 1. The summed E-state index contributed by atoms with van der Waals surface area (Å²) in [5.74, 6) is 6.77. The molecule has 0 radical (unpaired) electrons. The third-order valence-corrected chi connectivity index (χ3v) is 5.35. The number of allylic oxidation sites excluding steroid dienone is 1. The molecule has 3 rings (SSSR count). The van der Waals surface area contributed by atoms with Gasteiger partial charge in [0.25, 0.3) is 0 Å². The molecule has 0 amide bonds. The molecular weight excluding hydrogens is 425 g/mol. The Morgan fingerprint density at radius 3 is 2.56 bits per heavy atom. The molecule has 32 heavy (non-hydrogen) atoms. The zero-order valence-corrected chi connectivity index (χ0v) is 18.3. The van der Waals surface area contributed by atoms with Gasteiger partial charge in [-0.3, -0.25) is 0 Å². The summed E-state index contributed by atoms with van der Waals surface area (Å²) in [6.45, 7) is 1.85. The SMILES string of the molecule is Cc1nc(/C(N)=C(\Cc2noc(CCC(F)(F)F)n2)N(C)N)ccc1OC1CCCCC1. The lowest BCUT2D eigenvalue weighted by Crippen LogP contribution is -2.29. The van der Waals surface area contributed by atoms with Gasteiger partial charge in [0, 0.05) is 13.5 Å². The lowest BCUT2D eigenvalue weighted by molar-refractivity contribution is -0.134. The quantitative estimate of drug-likeness (QED) is 0.459. The van der Waals surface area contributed by atoms with E-state index in [4.69, 9.17) is 20.8 Å². The van der Waals surface area contributed by atoms with Crippen LogP contribution in [0.1, 0.15) is 61.6 Å². The molecule has 0 saturated heterocycles. The Balaban J connectivity index is 1.74. The van der Waals surface area contributed by atoms with E-state index >= 15 is 0 Å². The maximum absolute atomic E-state index is 12.4. The molecule has 2 aromatic heterocycles. The summed E-state index contributed by atoms with van der Waals surface area (Å²) in [4.78, 5) is 8.58. The molecule has 11 heteroatoms. The fourth-order valence-corrected chi connectivity index (χ4v) is 3.61. The predicted molar refractivity (Wildman–Crippen MR) is 112 cm³/mol. The van der Waals surface area contributed by atoms with Crippen molar-refractivity contribution < 1.29 is 22.4 Å². The van der Waals surface area contributed by atoms with Gasteiger partial charge in [0.1, 0.15) is 5.75 Å². The highest BCUT2D eigenvalue weighted by Crippen LogP contribution is 2.27. The number of rotatable bonds is 8. The number of nitrogens with two attached hydrogens (primary N) is 2. The molecule has 0 spiro atoms. The molecule has 0 aliphatic heterocycles. The zero-order chi connectivity index (χ0) is 23.3. The number of likely N-dealkylation sites (N-methyl/N-ethyl adjacent to an activating group) is 1. The lowest BCUT2D eigenvalue weighted by Gasteiger charge is -2.24. The summed E-state index contributed by atoms with van der Waals surface area (Å²) in [7, 11) is 1.60. The van der Waals surface area contributed by atoms with Crippen LogP contribution in [0.4, 0.5) is 13.2 Å². The van der Waals surface area contributed by atoms with Gasteiger partial charge in [0.2, 0.25) is 5.89 Å². The van der Waals surface area contributed by atoms with E-state index < -0.39 is 12.6 Å². The van der Waals surface area contributed by atoms with Crippen LogP contribution in [0.3, 0.4) is 0 Å². The average Bonchev–Trinajstić information content (AvgIpc) is 3.19. The number of hydrazine groups is 1. The molecule has 0 atom stereocenters. The Labute approximate surface area is 184 Å². The molecule has 1 aliphatic rings. The van der Waals surface area contributed by atoms with E-state index in [1.807, 2.05) is 13.0 Å². The van der Waals surface area contributed by atoms with Crippen molar-refractivity contribution >= 4 is 5.70 Å². The largest absolute Gasteiger partial charge is 0.489 e. The third-order valence-electron chi connectivity index (χ3n) is 5.35. The van der Waals surface area contributed by atoms with Gasteiger partial charge in [0.15, 0.2) is 5.82 Å². The van der Waals surface area contributed by atoms with Crippen molar-refractivity contribution in [3.05, 3.63) is 40.9 Å². The first-order valence-corrected chi connectivity index (χ1v) is 10.6. The van der Waals surface area contributed by atoms with Crippen molar-refractivity contribution in [2.75, 3.05) is 7.05 Å². The first-order chi connectivity index (χ1) is 15.1. The predicted octanol–water partition coefficient (Wildman–Crippen LogP) is 3.65. The normalized spacial score (nSPS) is 16.1. The molecule has 8 nitrogen and oxygen atoms in total. The third kappa shape index (κ3) is 6.59. The summed E-state index contributed by atoms with van der Waals surface area (Å²) in [6, 6.07) is 3.60. The number of pyridine rings is 1. The molecule has 2 heterocycles. The van der Waals surface area contributed by atoms with Crippen molar-refractivity contribution in [2.24, 2.45) is 11.6 Å². The van der Waals surface area contributed by atoms with E-state index in [1.165, 1.54) is 24.3 Å². The highest BCUT2D eigenvalue weighted by molar-refractivity contribution is 5.63. The topological polar surface area (TPSA) is 116 Å². The van der Waals surface area contributed by atoms with Gasteiger partial charge in [-0.2, -0.15) is 18.2 Å². The van der Waals surface area contributed by atoms with Gasteiger partial charge in [-0.25, -0.2) is 10.8 Å². The second kappa shape index (κ2) is 10.2. The van der Waals surface area contributed by atoms with Crippen molar-refractivity contribution in [2.45, 2.75) is 70.6 Å². The minimum absolute atomic E-state index is 0.0788.